The number of rotatable bonds is 11. The van der Waals surface area contributed by atoms with Gasteiger partial charge in [0.05, 0.1) is 19.3 Å². The average Bonchev–Trinajstić information content (AvgIpc) is 2.73. The Morgan fingerprint density at radius 1 is 0.966 bits per heavy atom. The first-order chi connectivity index (χ1) is 14.0. The number of hydrogen-bond acceptors (Lipinski definition) is 4. The van der Waals surface area contributed by atoms with Gasteiger partial charge in [0, 0.05) is 25.9 Å². The molecule has 2 aromatic rings. The Kier molecular flexibility index (Phi) is 9.62. The fourth-order valence-corrected chi connectivity index (χ4v) is 3.42. The van der Waals surface area contributed by atoms with Crippen LogP contribution in [0.4, 0.5) is 0 Å². The summed E-state index contributed by atoms with van der Waals surface area (Å²) in [6, 6.07) is 19.9. The average molecular weight is 397 g/mol. The minimum atomic E-state index is -0.404. The molecule has 0 spiro atoms. The second-order valence-corrected chi connectivity index (χ2v) is 7.36. The lowest BCUT2D eigenvalue weighted by molar-refractivity contribution is -0.144. The highest BCUT2D eigenvalue weighted by Gasteiger charge is 2.23. The Morgan fingerprint density at radius 3 is 2.17 bits per heavy atom. The van der Waals surface area contributed by atoms with Crippen LogP contribution in [0.2, 0.25) is 0 Å². The largest absolute Gasteiger partial charge is 0.453 e. The van der Waals surface area contributed by atoms with Crippen molar-refractivity contribution in [1.82, 2.24) is 0 Å². The maximum absolute atomic E-state index is 11.5. The number of carbonyl (C=O) groups excluding carboxylic acids is 1. The Morgan fingerprint density at radius 2 is 1.59 bits per heavy atom. The highest BCUT2D eigenvalue weighted by molar-refractivity contribution is 5.66. The van der Waals surface area contributed by atoms with Crippen LogP contribution in [0.5, 0.6) is 0 Å². The van der Waals surface area contributed by atoms with Gasteiger partial charge in [-0.1, -0.05) is 80.6 Å². The van der Waals surface area contributed by atoms with E-state index in [1.165, 1.54) is 6.92 Å². The maximum Gasteiger partial charge on any atom is 0.303 e. The second-order valence-electron chi connectivity index (χ2n) is 7.36. The number of hydrogen-bond donors (Lipinski definition) is 0. The van der Waals surface area contributed by atoms with Gasteiger partial charge in [-0.05, 0) is 17.2 Å². The molecule has 156 valence electrons. The van der Waals surface area contributed by atoms with Crippen LogP contribution in [0.15, 0.2) is 72.8 Å². The predicted octanol–water partition coefficient (Wildman–Crippen LogP) is 5.35. The SMILES string of the molecule is CO[C@H]([C@H](C)/C=C/[C@@H](OC(C)=O)c1ccccc1)[C@@H](C)COCc1ccccc1. The zero-order valence-electron chi connectivity index (χ0n) is 17.8. The number of methoxy groups -OCH3 is 1. The van der Waals surface area contributed by atoms with E-state index in [1.807, 2.05) is 54.6 Å². The molecule has 0 fully saturated rings. The molecule has 0 heterocycles. The molecular weight excluding hydrogens is 364 g/mol. The van der Waals surface area contributed by atoms with Crippen LogP contribution in [0.25, 0.3) is 0 Å². The van der Waals surface area contributed by atoms with Crippen LogP contribution >= 0.6 is 0 Å². The van der Waals surface area contributed by atoms with Crippen molar-refractivity contribution in [2.45, 2.75) is 39.6 Å². The standard InChI is InChI=1S/C25H32O4/c1-19(15-16-24(29-21(3)26)23-13-9-6-10-14-23)25(27-4)20(2)17-28-18-22-11-7-5-8-12-22/h5-16,19-20,24-25H,17-18H2,1-4H3/b16-15+/t19-,20+,24-,25-/m1/s1. The predicted molar refractivity (Wildman–Crippen MR) is 115 cm³/mol. The van der Waals surface area contributed by atoms with Gasteiger partial charge >= 0.3 is 5.97 Å². The molecule has 0 bridgehead atoms. The summed E-state index contributed by atoms with van der Waals surface area (Å²) in [6.45, 7) is 6.86. The van der Waals surface area contributed by atoms with Crippen LogP contribution in [-0.2, 0) is 25.6 Å². The molecule has 0 aliphatic heterocycles. The number of benzene rings is 2. The van der Waals surface area contributed by atoms with Crippen LogP contribution in [0.1, 0.15) is 38.0 Å². The lowest BCUT2D eigenvalue weighted by Crippen LogP contribution is -2.30. The Balaban J connectivity index is 1.95. The molecule has 0 aliphatic rings. The Bertz CT molecular complexity index is 742. The van der Waals surface area contributed by atoms with Gasteiger partial charge in [0.1, 0.15) is 6.10 Å². The lowest BCUT2D eigenvalue weighted by Gasteiger charge is -2.27. The van der Waals surface area contributed by atoms with E-state index >= 15 is 0 Å². The van der Waals surface area contributed by atoms with E-state index in [0.29, 0.717) is 13.2 Å². The molecule has 29 heavy (non-hydrogen) atoms. The smallest absolute Gasteiger partial charge is 0.303 e. The minimum absolute atomic E-state index is 0.00391. The molecule has 0 aromatic heterocycles. The van der Waals surface area contributed by atoms with E-state index < -0.39 is 6.10 Å². The van der Waals surface area contributed by atoms with Gasteiger partial charge in [0.2, 0.25) is 0 Å². The van der Waals surface area contributed by atoms with Crippen molar-refractivity contribution in [3.8, 4) is 0 Å². The van der Waals surface area contributed by atoms with E-state index in [1.54, 1.807) is 7.11 Å². The molecule has 4 nitrogen and oxygen atoms in total. The summed E-state index contributed by atoms with van der Waals surface area (Å²) in [5.74, 6) is 0.0477. The topological polar surface area (TPSA) is 44.8 Å². The third-order valence-electron chi connectivity index (χ3n) is 4.85. The first-order valence-electron chi connectivity index (χ1n) is 10.1. The van der Waals surface area contributed by atoms with Gasteiger partial charge in [-0.3, -0.25) is 4.79 Å². The highest BCUT2D eigenvalue weighted by atomic mass is 16.5. The summed E-state index contributed by atoms with van der Waals surface area (Å²) < 4.78 is 17.1. The quantitative estimate of drug-likeness (QED) is 0.379. The molecular formula is C25H32O4. The van der Waals surface area contributed by atoms with Crippen LogP contribution in [-0.4, -0.2) is 25.8 Å². The fourth-order valence-electron chi connectivity index (χ4n) is 3.42. The van der Waals surface area contributed by atoms with Gasteiger partial charge in [-0.25, -0.2) is 0 Å². The third-order valence-corrected chi connectivity index (χ3v) is 4.85. The van der Waals surface area contributed by atoms with Crippen molar-refractivity contribution < 1.29 is 19.0 Å². The first-order valence-corrected chi connectivity index (χ1v) is 10.1. The zero-order valence-corrected chi connectivity index (χ0v) is 17.8. The summed E-state index contributed by atoms with van der Waals surface area (Å²) in [7, 11) is 1.73. The van der Waals surface area contributed by atoms with Crippen LogP contribution in [0, 0.1) is 11.8 Å². The van der Waals surface area contributed by atoms with E-state index in [-0.39, 0.29) is 23.9 Å². The normalized spacial score (nSPS) is 15.6. The summed E-state index contributed by atoms with van der Waals surface area (Å²) in [5, 5.41) is 0. The number of ether oxygens (including phenoxy) is 3. The van der Waals surface area contributed by atoms with Crippen molar-refractivity contribution in [3.05, 3.63) is 83.9 Å². The van der Waals surface area contributed by atoms with E-state index in [9.17, 15) is 4.79 Å². The first kappa shape index (κ1) is 22.9. The van der Waals surface area contributed by atoms with E-state index in [0.717, 1.165) is 11.1 Å². The summed E-state index contributed by atoms with van der Waals surface area (Å²) in [5.41, 5.74) is 2.10. The second kappa shape index (κ2) is 12.2. The molecule has 0 radical (unpaired) electrons. The molecule has 0 aliphatic carbocycles. The van der Waals surface area contributed by atoms with Gasteiger partial charge in [-0.2, -0.15) is 0 Å². The minimum Gasteiger partial charge on any atom is -0.453 e. The van der Waals surface area contributed by atoms with Crippen molar-refractivity contribution >= 4 is 5.97 Å². The molecule has 4 heteroatoms. The van der Waals surface area contributed by atoms with E-state index in [2.05, 4.69) is 32.1 Å². The van der Waals surface area contributed by atoms with Gasteiger partial charge < -0.3 is 14.2 Å². The Labute approximate surface area is 174 Å². The van der Waals surface area contributed by atoms with Crippen molar-refractivity contribution in [2.75, 3.05) is 13.7 Å². The summed E-state index contributed by atoms with van der Waals surface area (Å²) in [6.07, 6.45) is 3.59. The lowest BCUT2D eigenvalue weighted by atomic mass is 9.92. The molecule has 0 N–H and O–H groups in total. The molecule has 0 amide bonds. The van der Waals surface area contributed by atoms with Crippen molar-refractivity contribution in [2.24, 2.45) is 11.8 Å². The van der Waals surface area contributed by atoms with Crippen LogP contribution in [0.3, 0.4) is 0 Å². The van der Waals surface area contributed by atoms with E-state index in [4.69, 9.17) is 14.2 Å². The van der Waals surface area contributed by atoms with Gasteiger partial charge in [0.15, 0.2) is 0 Å². The molecule has 0 unspecified atom stereocenters. The highest BCUT2D eigenvalue weighted by Crippen LogP contribution is 2.23. The number of carbonyl (C=O) groups is 1. The summed E-state index contributed by atoms with van der Waals surface area (Å²) >= 11 is 0. The molecule has 4 atom stereocenters. The monoisotopic (exact) mass is 396 g/mol. The number of esters is 1. The van der Waals surface area contributed by atoms with Gasteiger partial charge in [-0.15, -0.1) is 0 Å². The molecule has 0 saturated carbocycles. The fraction of sp³-hybridized carbons (Fsp3) is 0.400. The third kappa shape index (κ3) is 7.84. The van der Waals surface area contributed by atoms with Crippen molar-refractivity contribution in [3.63, 3.8) is 0 Å². The summed E-state index contributed by atoms with van der Waals surface area (Å²) in [4.78, 5) is 11.5. The van der Waals surface area contributed by atoms with Crippen molar-refractivity contribution in [1.29, 1.82) is 0 Å². The molecule has 0 saturated heterocycles. The molecule has 2 rings (SSSR count). The Hall–Kier alpha value is -2.43. The van der Waals surface area contributed by atoms with Crippen LogP contribution < -0.4 is 0 Å². The zero-order chi connectivity index (χ0) is 21.1. The molecule has 2 aromatic carbocycles. The van der Waals surface area contributed by atoms with Gasteiger partial charge in [0.25, 0.3) is 0 Å². The maximum atomic E-state index is 11.5.